The summed E-state index contributed by atoms with van der Waals surface area (Å²) in [6.07, 6.45) is 3.02. The van der Waals surface area contributed by atoms with E-state index in [1.165, 1.54) is 17.2 Å². The largest absolute Gasteiger partial charge is 0.319 e. The highest BCUT2D eigenvalue weighted by Crippen LogP contribution is 2.30. The molecule has 27 heavy (non-hydrogen) atoms. The van der Waals surface area contributed by atoms with Crippen LogP contribution in [0, 0.1) is 24.0 Å². The van der Waals surface area contributed by atoms with Crippen LogP contribution in [0.2, 0.25) is 0 Å². The lowest BCUT2D eigenvalue weighted by molar-refractivity contribution is -0.384. The van der Waals surface area contributed by atoms with Crippen molar-refractivity contribution in [2.24, 2.45) is 0 Å². The molecule has 0 saturated carbocycles. The summed E-state index contributed by atoms with van der Waals surface area (Å²) in [5.41, 5.74) is 4.36. The number of nitrogens with zero attached hydrogens (tertiary/aromatic N) is 2. The number of carbonyl (C=O) groups is 1. The maximum absolute atomic E-state index is 12.5. The minimum absolute atomic E-state index is 0.0728. The zero-order valence-electron chi connectivity index (χ0n) is 15.6. The average Bonchev–Trinajstić information content (AvgIpc) is 2.66. The van der Waals surface area contributed by atoms with Gasteiger partial charge in [0.2, 0.25) is 5.91 Å². The molecule has 1 heterocycles. The van der Waals surface area contributed by atoms with Gasteiger partial charge in [-0.2, -0.15) is 0 Å². The number of carbonyl (C=O) groups excluding carboxylic acids is 1. The second kappa shape index (κ2) is 8.14. The van der Waals surface area contributed by atoms with E-state index in [0.29, 0.717) is 12.2 Å². The molecule has 0 unspecified atom stereocenters. The number of nitro groups is 1. The molecule has 1 aliphatic rings. The molecular weight excluding hydrogens is 342 g/mol. The summed E-state index contributed by atoms with van der Waals surface area (Å²) in [4.78, 5) is 25.3. The highest BCUT2D eigenvalue weighted by Gasteiger charge is 2.21. The third-order valence-corrected chi connectivity index (χ3v) is 4.98. The van der Waals surface area contributed by atoms with Gasteiger partial charge in [0.15, 0.2) is 0 Å². The van der Waals surface area contributed by atoms with Gasteiger partial charge < -0.3 is 5.32 Å². The van der Waals surface area contributed by atoms with Crippen molar-refractivity contribution in [2.75, 3.05) is 25.0 Å². The normalized spacial score (nSPS) is 14.5. The average molecular weight is 365 g/mol. The van der Waals surface area contributed by atoms with E-state index >= 15 is 0 Å². The van der Waals surface area contributed by atoms with Gasteiger partial charge in [-0.3, -0.25) is 19.8 Å². The molecule has 6 nitrogen and oxygen atoms in total. The molecule has 0 aliphatic carbocycles. The third kappa shape index (κ3) is 4.41. The highest BCUT2D eigenvalue weighted by atomic mass is 16.6. The number of nitrogens with one attached hydrogen (secondary N) is 1. The quantitative estimate of drug-likeness (QED) is 0.643. The highest BCUT2D eigenvalue weighted by molar-refractivity contribution is 5.95. The fourth-order valence-corrected chi connectivity index (χ4v) is 3.26. The Balaban J connectivity index is 1.65. The molecule has 0 bridgehead atoms. The Morgan fingerprint density at radius 1 is 1.19 bits per heavy atom. The fraction of sp³-hybridized carbons (Fsp3) is 0.286. The molecule has 3 rings (SSSR count). The molecule has 0 atom stereocenters. The summed E-state index contributed by atoms with van der Waals surface area (Å²) >= 11 is 0. The van der Waals surface area contributed by atoms with Gasteiger partial charge in [-0.25, -0.2) is 0 Å². The van der Waals surface area contributed by atoms with Crippen molar-refractivity contribution in [1.29, 1.82) is 0 Å². The van der Waals surface area contributed by atoms with Crippen LogP contribution < -0.4 is 5.32 Å². The second-order valence-corrected chi connectivity index (χ2v) is 6.79. The smallest absolute Gasteiger partial charge is 0.293 e. The lowest BCUT2D eigenvalue weighted by Gasteiger charge is -2.26. The Morgan fingerprint density at radius 2 is 1.93 bits per heavy atom. The first-order valence-corrected chi connectivity index (χ1v) is 8.97. The number of anilines is 1. The first-order valence-electron chi connectivity index (χ1n) is 8.97. The van der Waals surface area contributed by atoms with Crippen LogP contribution in [0.25, 0.3) is 5.57 Å². The van der Waals surface area contributed by atoms with E-state index in [-0.39, 0.29) is 18.1 Å². The Morgan fingerprint density at radius 3 is 2.56 bits per heavy atom. The Labute approximate surface area is 158 Å². The number of rotatable bonds is 5. The van der Waals surface area contributed by atoms with E-state index < -0.39 is 4.92 Å². The lowest BCUT2D eigenvalue weighted by atomic mass is 9.99. The van der Waals surface area contributed by atoms with Gasteiger partial charge in [-0.1, -0.05) is 42.5 Å². The molecule has 1 aliphatic heterocycles. The molecule has 1 amide bonds. The first kappa shape index (κ1) is 18.8. The van der Waals surface area contributed by atoms with Crippen molar-refractivity contribution in [3.8, 4) is 0 Å². The van der Waals surface area contributed by atoms with Gasteiger partial charge >= 0.3 is 0 Å². The van der Waals surface area contributed by atoms with Gasteiger partial charge in [-0.15, -0.1) is 0 Å². The minimum atomic E-state index is -0.460. The molecule has 1 N–H and O–H groups in total. The van der Waals surface area contributed by atoms with Crippen molar-refractivity contribution < 1.29 is 9.72 Å². The van der Waals surface area contributed by atoms with Crippen molar-refractivity contribution in [1.82, 2.24) is 4.90 Å². The summed E-state index contributed by atoms with van der Waals surface area (Å²) < 4.78 is 0. The predicted molar refractivity (Wildman–Crippen MR) is 107 cm³/mol. The van der Waals surface area contributed by atoms with E-state index in [9.17, 15) is 14.9 Å². The van der Waals surface area contributed by atoms with Crippen LogP contribution >= 0.6 is 0 Å². The lowest BCUT2D eigenvalue weighted by Crippen LogP contribution is -2.36. The summed E-state index contributed by atoms with van der Waals surface area (Å²) in [7, 11) is 0. The molecule has 140 valence electrons. The number of nitro benzene ring substituents is 1. The van der Waals surface area contributed by atoms with E-state index in [1.54, 1.807) is 13.0 Å². The van der Waals surface area contributed by atoms with Gasteiger partial charge in [0.25, 0.3) is 5.69 Å². The second-order valence-electron chi connectivity index (χ2n) is 6.79. The zero-order valence-corrected chi connectivity index (χ0v) is 15.6. The number of benzene rings is 2. The summed E-state index contributed by atoms with van der Waals surface area (Å²) in [5.74, 6) is -0.233. The number of aryl methyl sites for hydroxylation is 1. The molecule has 6 heteroatoms. The first-order chi connectivity index (χ1) is 13.0. The zero-order chi connectivity index (χ0) is 19.4. The van der Waals surface area contributed by atoms with E-state index in [4.69, 9.17) is 0 Å². The number of amides is 1. The fourth-order valence-electron chi connectivity index (χ4n) is 3.26. The van der Waals surface area contributed by atoms with Crippen LogP contribution in [-0.2, 0) is 4.79 Å². The van der Waals surface area contributed by atoms with Crippen LogP contribution in [0.5, 0.6) is 0 Å². The van der Waals surface area contributed by atoms with Crippen LogP contribution in [0.15, 0.2) is 48.5 Å². The standard InChI is InChI=1S/C21H23N3O3/c1-15-8-9-19(24(26)27)21(16(15)2)22-20(25)14-23-12-10-18(11-13-23)17-6-4-3-5-7-17/h3-10H,11-14H2,1-2H3,(H,22,25). The summed E-state index contributed by atoms with van der Waals surface area (Å²) in [6.45, 7) is 5.33. The summed E-state index contributed by atoms with van der Waals surface area (Å²) in [5, 5.41) is 14.0. The maximum Gasteiger partial charge on any atom is 0.293 e. The van der Waals surface area contributed by atoms with Gasteiger partial charge in [0.1, 0.15) is 5.69 Å². The third-order valence-electron chi connectivity index (χ3n) is 4.98. The van der Waals surface area contributed by atoms with Crippen molar-refractivity contribution in [2.45, 2.75) is 20.3 Å². The Kier molecular flexibility index (Phi) is 5.66. The van der Waals surface area contributed by atoms with Crippen LogP contribution in [0.1, 0.15) is 23.1 Å². The van der Waals surface area contributed by atoms with Crippen LogP contribution in [0.4, 0.5) is 11.4 Å². The SMILES string of the molecule is Cc1ccc([N+](=O)[O-])c(NC(=O)CN2CC=C(c3ccccc3)CC2)c1C. The molecule has 0 fully saturated rings. The molecule has 2 aromatic rings. The van der Waals surface area contributed by atoms with E-state index in [0.717, 1.165) is 24.1 Å². The topological polar surface area (TPSA) is 75.5 Å². The molecule has 0 radical (unpaired) electrons. The Hall–Kier alpha value is -2.99. The van der Waals surface area contributed by atoms with Crippen LogP contribution in [0.3, 0.4) is 0 Å². The van der Waals surface area contributed by atoms with E-state index in [2.05, 4.69) is 23.5 Å². The van der Waals surface area contributed by atoms with Gasteiger partial charge in [0, 0.05) is 19.2 Å². The minimum Gasteiger partial charge on any atom is -0.319 e. The molecule has 2 aromatic carbocycles. The van der Waals surface area contributed by atoms with Crippen molar-refractivity contribution >= 4 is 22.9 Å². The number of hydrogen-bond donors (Lipinski definition) is 1. The number of hydrogen-bond acceptors (Lipinski definition) is 4. The van der Waals surface area contributed by atoms with Crippen molar-refractivity contribution in [3.63, 3.8) is 0 Å². The summed E-state index contributed by atoms with van der Waals surface area (Å²) in [6, 6.07) is 13.4. The molecule has 0 spiro atoms. The molecule has 0 aromatic heterocycles. The van der Waals surface area contributed by atoms with Crippen molar-refractivity contribution in [3.05, 3.63) is 75.3 Å². The van der Waals surface area contributed by atoms with Gasteiger partial charge in [0.05, 0.1) is 11.5 Å². The van der Waals surface area contributed by atoms with Crippen LogP contribution in [-0.4, -0.2) is 35.4 Å². The molecule has 0 saturated heterocycles. The van der Waals surface area contributed by atoms with Gasteiger partial charge in [-0.05, 0) is 42.5 Å². The van der Waals surface area contributed by atoms with E-state index in [1.807, 2.05) is 30.0 Å². The monoisotopic (exact) mass is 365 g/mol. The predicted octanol–water partition coefficient (Wildman–Crippen LogP) is 3.94. The maximum atomic E-state index is 12.5. The Bertz CT molecular complexity index is 891. The molecular formula is C21H23N3O3.